The van der Waals surface area contributed by atoms with E-state index in [0.717, 1.165) is 56.9 Å². The van der Waals surface area contributed by atoms with Gasteiger partial charge < -0.3 is 19.1 Å². The van der Waals surface area contributed by atoms with Gasteiger partial charge in [-0.2, -0.15) is 0 Å². The maximum atomic E-state index is 13.0. The van der Waals surface area contributed by atoms with Crippen molar-refractivity contribution in [3.05, 3.63) is 22.5 Å². The first-order chi connectivity index (χ1) is 13.7. The van der Waals surface area contributed by atoms with Crippen LogP contribution in [0, 0.1) is 6.92 Å². The summed E-state index contributed by atoms with van der Waals surface area (Å²) in [6, 6.07) is 4.04. The van der Waals surface area contributed by atoms with Gasteiger partial charge in [-0.3, -0.25) is 4.79 Å². The minimum Gasteiger partial charge on any atom is -0.483 e. The van der Waals surface area contributed by atoms with E-state index in [0.29, 0.717) is 13.2 Å². The molecule has 2 aromatic heterocycles. The molecule has 1 aromatic carbocycles. The molecule has 0 spiro atoms. The second-order valence-corrected chi connectivity index (χ2v) is 9.32. The first-order valence-electron chi connectivity index (χ1n) is 9.63. The molecule has 2 saturated heterocycles. The molecule has 6 nitrogen and oxygen atoms in total. The van der Waals surface area contributed by atoms with E-state index >= 15 is 0 Å². The fourth-order valence-electron chi connectivity index (χ4n) is 4.08. The highest BCUT2D eigenvalue weighted by Crippen LogP contribution is 2.39. The zero-order valence-electron chi connectivity index (χ0n) is 15.7. The van der Waals surface area contributed by atoms with E-state index in [-0.39, 0.29) is 24.8 Å². The first-order valence-corrected chi connectivity index (χ1v) is 11.3. The molecule has 5 rings (SSSR count). The molecule has 1 atom stereocenters. The molecular formula is C20H22N2O4S2. The van der Waals surface area contributed by atoms with Gasteiger partial charge in [0.05, 0.1) is 39.2 Å². The Balaban J connectivity index is 1.36. The number of likely N-dealkylation sites (tertiary alicyclic amines) is 1. The van der Waals surface area contributed by atoms with E-state index < -0.39 is 0 Å². The van der Waals surface area contributed by atoms with Crippen LogP contribution in [0.1, 0.15) is 24.3 Å². The number of carbonyl (C=O) groups excluding carboxylic acids is 1. The zero-order valence-corrected chi connectivity index (χ0v) is 17.3. The molecule has 0 aliphatic carbocycles. The molecule has 0 bridgehead atoms. The standard InChI is InChI=1S/C20H22N2O4S2/c1-12-21-18-16(28-12)10-15(13-5-9-27-19(13)18)26-11-17(23)22-6-3-2-4-14(22)20-24-7-8-25-20/h5,9-10,14,20H,2-4,6-8,11H2,1H3. The van der Waals surface area contributed by atoms with Gasteiger partial charge in [-0.25, -0.2) is 4.98 Å². The van der Waals surface area contributed by atoms with Crippen LogP contribution in [0.25, 0.3) is 20.3 Å². The molecular weight excluding hydrogens is 396 g/mol. The molecule has 0 saturated carbocycles. The number of ether oxygens (including phenoxy) is 3. The van der Waals surface area contributed by atoms with Crippen LogP contribution in [-0.4, -0.2) is 54.5 Å². The molecule has 2 aliphatic heterocycles. The Bertz CT molecular complexity index is 1010. The number of fused-ring (bicyclic) bond motifs is 3. The molecule has 2 aliphatic rings. The minimum atomic E-state index is -0.302. The largest absolute Gasteiger partial charge is 0.483 e. The van der Waals surface area contributed by atoms with Crippen molar-refractivity contribution in [3.8, 4) is 5.75 Å². The van der Waals surface area contributed by atoms with Crippen LogP contribution in [-0.2, 0) is 14.3 Å². The predicted molar refractivity (Wildman–Crippen MR) is 110 cm³/mol. The number of hydrogen-bond donors (Lipinski definition) is 0. The number of thiazole rings is 1. The van der Waals surface area contributed by atoms with Crippen molar-refractivity contribution in [3.63, 3.8) is 0 Å². The number of benzene rings is 1. The van der Waals surface area contributed by atoms with E-state index in [9.17, 15) is 4.79 Å². The minimum absolute atomic E-state index is 0.00670. The smallest absolute Gasteiger partial charge is 0.260 e. The fourth-order valence-corrected chi connectivity index (χ4v) is 5.91. The second-order valence-electron chi connectivity index (χ2n) is 7.17. The fraction of sp³-hybridized carbons (Fsp3) is 0.500. The number of carbonyl (C=O) groups is 1. The van der Waals surface area contributed by atoms with Gasteiger partial charge in [-0.05, 0) is 37.6 Å². The third kappa shape index (κ3) is 3.28. The highest BCUT2D eigenvalue weighted by molar-refractivity contribution is 7.21. The van der Waals surface area contributed by atoms with Gasteiger partial charge in [0, 0.05) is 18.0 Å². The average molecular weight is 419 g/mol. The summed E-state index contributed by atoms with van der Waals surface area (Å²) >= 11 is 3.31. The highest BCUT2D eigenvalue weighted by atomic mass is 32.1. The van der Waals surface area contributed by atoms with Crippen LogP contribution in [0.15, 0.2) is 17.5 Å². The van der Waals surface area contributed by atoms with Crippen LogP contribution in [0.5, 0.6) is 5.75 Å². The number of aryl methyl sites for hydroxylation is 1. The SMILES string of the molecule is Cc1nc2c(cc(OCC(=O)N3CCCCC3C3OCCO3)c3ccsc32)s1. The van der Waals surface area contributed by atoms with Crippen molar-refractivity contribution in [2.75, 3.05) is 26.4 Å². The number of rotatable bonds is 4. The van der Waals surface area contributed by atoms with E-state index in [2.05, 4.69) is 4.98 Å². The van der Waals surface area contributed by atoms with Crippen LogP contribution >= 0.6 is 22.7 Å². The van der Waals surface area contributed by atoms with Crippen molar-refractivity contribution < 1.29 is 19.0 Å². The van der Waals surface area contributed by atoms with Gasteiger partial charge in [0.15, 0.2) is 12.9 Å². The summed E-state index contributed by atoms with van der Waals surface area (Å²) in [5, 5.41) is 4.10. The van der Waals surface area contributed by atoms with Crippen molar-refractivity contribution in [1.29, 1.82) is 0 Å². The maximum absolute atomic E-state index is 13.0. The number of piperidine rings is 1. The van der Waals surface area contributed by atoms with Crippen molar-refractivity contribution in [2.45, 2.75) is 38.5 Å². The predicted octanol–water partition coefficient (Wildman–Crippen LogP) is 3.95. The molecule has 8 heteroatoms. The second kappa shape index (κ2) is 7.59. The third-order valence-corrected chi connectivity index (χ3v) is 7.19. The Morgan fingerprint density at radius 2 is 2.21 bits per heavy atom. The zero-order chi connectivity index (χ0) is 19.1. The van der Waals surface area contributed by atoms with E-state index in [1.807, 2.05) is 29.3 Å². The van der Waals surface area contributed by atoms with Gasteiger partial charge in [-0.15, -0.1) is 22.7 Å². The number of nitrogens with zero attached hydrogens (tertiary/aromatic N) is 2. The molecule has 1 unspecified atom stereocenters. The Hall–Kier alpha value is -1.74. The van der Waals surface area contributed by atoms with Crippen molar-refractivity contribution >= 4 is 48.9 Å². The quantitative estimate of drug-likeness (QED) is 0.642. The van der Waals surface area contributed by atoms with Gasteiger partial charge in [0.1, 0.15) is 5.75 Å². The summed E-state index contributed by atoms with van der Waals surface area (Å²) in [4.78, 5) is 19.5. The Morgan fingerprint density at radius 3 is 3.07 bits per heavy atom. The maximum Gasteiger partial charge on any atom is 0.260 e. The normalized spacial score (nSPS) is 21.0. The Labute approximate surface area is 171 Å². The first kappa shape index (κ1) is 18.3. The molecule has 4 heterocycles. The Kier molecular flexibility index (Phi) is 4.96. The third-order valence-electron chi connectivity index (χ3n) is 5.35. The summed E-state index contributed by atoms with van der Waals surface area (Å²) in [5.41, 5.74) is 1.03. The molecule has 148 valence electrons. The summed E-state index contributed by atoms with van der Waals surface area (Å²) in [7, 11) is 0. The van der Waals surface area contributed by atoms with Crippen LogP contribution in [0.3, 0.4) is 0 Å². The molecule has 28 heavy (non-hydrogen) atoms. The Morgan fingerprint density at radius 1 is 1.36 bits per heavy atom. The topological polar surface area (TPSA) is 60.9 Å². The summed E-state index contributed by atoms with van der Waals surface area (Å²) in [6.07, 6.45) is 2.71. The lowest BCUT2D eigenvalue weighted by atomic mass is 10.0. The van der Waals surface area contributed by atoms with Gasteiger partial charge in [0.2, 0.25) is 0 Å². The summed E-state index contributed by atoms with van der Waals surface area (Å²) in [6.45, 7) is 3.97. The van der Waals surface area contributed by atoms with Crippen LogP contribution in [0.4, 0.5) is 0 Å². The summed E-state index contributed by atoms with van der Waals surface area (Å²) in [5.74, 6) is 0.746. The van der Waals surface area contributed by atoms with E-state index in [4.69, 9.17) is 14.2 Å². The lowest BCUT2D eigenvalue weighted by molar-refractivity contribution is -0.152. The van der Waals surface area contributed by atoms with Gasteiger partial charge in [0.25, 0.3) is 5.91 Å². The van der Waals surface area contributed by atoms with Crippen molar-refractivity contribution in [1.82, 2.24) is 9.88 Å². The number of amides is 1. The number of thiophene rings is 1. The monoisotopic (exact) mass is 418 g/mol. The summed E-state index contributed by atoms with van der Waals surface area (Å²) < 4.78 is 19.6. The van der Waals surface area contributed by atoms with Gasteiger partial charge >= 0.3 is 0 Å². The van der Waals surface area contributed by atoms with E-state index in [1.165, 1.54) is 0 Å². The molecule has 0 N–H and O–H groups in total. The van der Waals surface area contributed by atoms with Crippen LogP contribution in [0.2, 0.25) is 0 Å². The molecule has 3 aromatic rings. The van der Waals surface area contributed by atoms with Crippen molar-refractivity contribution in [2.24, 2.45) is 0 Å². The number of aromatic nitrogens is 1. The average Bonchev–Trinajstić information content (AvgIpc) is 3.45. The van der Waals surface area contributed by atoms with Gasteiger partial charge in [-0.1, -0.05) is 0 Å². The van der Waals surface area contributed by atoms with E-state index in [1.54, 1.807) is 22.7 Å². The lowest BCUT2D eigenvalue weighted by Gasteiger charge is -2.37. The molecule has 0 radical (unpaired) electrons. The highest BCUT2D eigenvalue weighted by Gasteiger charge is 2.36. The number of hydrogen-bond acceptors (Lipinski definition) is 7. The molecule has 1 amide bonds. The van der Waals surface area contributed by atoms with Crippen LogP contribution < -0.4 is 4.74 Å². The molecule has 2 fully saturated rings. The lowest BCUT2D eigenvalue weighted by Crippen LogP contribution is -2.51.